The molecule has 0 heterocycles. The highest BCUT2D eigenvalue weighted by Gasteiger charge is 2.67. The van der Waals surface area contributed by atoms with Crippen molar-refractivity contribution < 1.29 is 9.13 Å². The molecule has 20 heavy (non-hydrogen) atoms. The van der Waals surface area contributed by atoms with Crippen LogP contribution in [0.25, 0.3) is 0 Å². The lowest BCUT2D eigenvalue weighted by molar-refractivity contribution is 0.382. The molecule has 1 aromatic carbocycles. The van der Waals surface area contributed by atoms with Crippen LogP contribution < -0.4 is 10.1 Å². The van der Waals surface area contributed by atoms with Gasteiger partial charge in [0.25, 0.3) is 0 Å². The van der Waals surface area contributed by atoms with E-state index >= 15 is 0 Å². The van der Waals surface area contributed by atoms with Gasteiger partial charge in [-0.05, 0) is 41.0 Å². The lowest BCUT2D eigenvalue weighted by Gasteiger charge is -2.21. The van der Waals surface area contributed by atoms with Gasteiger partial charge in [-0.15, -0.1) is 0 Å². The highest BCUT2D eigenvalue weighted by atomic mass is 19.1. The third kappa shape index (κ3) is 2.22. The predicted molar refractivity (Wildman–Crippen MR) is 80.4 cm³/mol. The molecule has 2 nitrogen and oxygen atoms in total. The lowest BCUT2D eigenvalue weighted by atomic mass is 9.96. The summed E-state index contributed by atoms with van der Waals surface area (Å²) in [6, 6.07) is 5.48. The highest BCUT2D eigenvalue weighted by molar-refractivity contribution is 5.34. The van der Waals surface area contributed by atoms with Gasteiger partial charge in [0, 0.05) is 6.04 Å². The van der Waals surface area contributed by atoms with Gasteiger partial charge in [-0.25, -0.2) is 4.39 Å². The van der Waals surface area contributed by atoms with Gasteiger partial charge < -0.3 is 10.1 Å². The molecule has 1 aliphatic carbocycles. The van der Waals surface area contributed by atoms with Crippen LogP contribution >= 0.6 is 0 Å². The van der Waals surface area contributed by atoms with Crippen molar-refractivity contribution in [1.29, 1.82) is 0 Å². The van der Waals surface area contributed by atoms with E-state index in [9.17, 15) is 4.39 Å². The topological polar surface area (TPSA) is 21.3 Å². The second-order valence-corrected chi connectivity index (χ2v) is 6.85. The van der Waals surface area contributed by atoms with E-state index in [4.69, 9.17) is 4.74 Å². The summed E-state index contributed by atoms with van der Waals surface area (Å²) in [6.07, 6.45) is 0. The molecule has 1 aliphatic rings. The number of rotatable bonds is 5. The van der Waals surface area contributed by atoms with E-state index in [0.717, 1.165) is 12.1 Å². The predicted octanol–water partition coefficient (Wildman–Crippen LogP) is 4.17. The molecule has 3 heteroatoms. The molecule has 1 aromatic rings. The van der Waals surface area contributed by atoms with E-state index in [1.165, 1.54) is 7.11 Å². The maximum atomic E-state index is 14.0. The number of hydrogen-bond acceptors (Lipinski definition) is 2. The molecule has 1 fully saturated rings. The monoisotopic (exact) mass is 279 g/mol. The average Bonchev–Trinajstić information content (AvgIpc) is 2.77. The maximum absolute atomic E-state index is 14.0. The molecule has 112 valence electrons. The minimum Gasteiger partial charge on any atom is -0.494 e. The molecule has 0 amide bonds. The van der Waals surface area contributed by atoms with Crippen LogP contribution in [0.4, 0.5) is 4.39 Å². The summed E-state index contributed by atoms with van der Waals surface area (Å²) in [5, 5.41) is 3.53. The van der Waals surface area contributed by atoms with Crippen molar-refractivity contribution >= 4 is 0 Å². The first-order chi connectivity index (χ1) is 9.27. The largest absolute Gasteiger partial charge is 0.494 e. The molecule has 1 unspecified atom stereocenters. The van der Waals surface area contributed by atoms with E-state index in [1.54, 1.807) is 12.1 Å². The van der Waals surface area contributed by atoms with Gasteiger partial charge in [-0.3, -0.25) is 0 Å². The summed E-state index contributed by atoms with van der Waals surface area (Å²) in [6.45, 7) is 12.1. The zero-order valence-electron chi connectivity index (χ0n) is 13.4. The Morgan fingerprint density at radius 3 is 2.25 bits per heavy atom. The van der Waals surface area contributed by atoms with Crippen LogP contribution in [0.2, 0.25) is 0 Å². The molecule has 0 aromatic heterocycles. The van der Waals surface area contributed by atoms with Gasteiger partial charge in [0.1, 0.15) is 0 Å². The van der Waals surface area contributed by atoms with Crippen molar-refractivity contribution in [3.8, 4) is 5.75 Å². The van der Waals surface area contributed by atoms with Crippen molar-refractivity contribution in [1.82, 2.24) is 5.32 Å². The molecular weight excluding hydrogens is 253 g/mol. The van der Waals surface area contributed by atoms with E-state index in [0.29, 0.717) is 11.7 Å². The Balaban J connectivity index is 2.33. The zero-order chi connectivity index (χ0) is 15.1. The third-order valence-corrected chi connectivity index (χ3v) is 5.42. The Kier molecular flexibility index (Phi) is 3.85. The number of benzene rings is 1. The van der Waals surface area contributed by atoms with Crippen molar-refractivity contribution in [3.63, 3.8) is 0 Å². The van der Waals surface area contributed by atoms with Crippen LogP contribution in [-0.4, -0.2) is 13.7 Å². The summed E-state index contributed by atoms with van der Waals surface area (Å²) in [5.41, 5.74) is 1.53. The molecule has 1 N–H and O–H groups in total. The van der Waals surface area contributed by atoms with E-state index < -0.39 is 0 Å². The first kappa shape index (κ1) is 15.3. The second-order valence-electron chi connectivity index (χ2n) is 6.85. The van der Waals surface area contributed by atoms with Gasteiger partial charge in [-0.1, -0.05) is 40.7 Å². The third-order valence-electron chi connectivity index (χ3n) is 5.42. The van der Waals surface area contributed by atoms with Gasteiger partial charge in [0.05, 0.1) is 7.11 Å². The van der Waals surface area contributed by atoms with Gasteiger partial charge in [-0.2, -0.15) is 0 Å². The highest BCUT2D eigenvalue weighted by Crippen LogP contribution is 2.72. The van der Waals surface area contributed by atoms with Crippen molar-refractivity contribution in [2.24, 2.45) is 16.7 Å². The summed E-state index contributed by atoms with van der Waals surface area (Å²) in [5.74, 6) is 0.519. The summed E-state index contributed by atoms with van der Waals surface area (Å²) in [4.78, 5) is 0. The lowest BCUT2D eigenvalue weighted by Crippen LogP contribution is -2.25. The van der Waals surface area contributed by atoms with Crippen molar-refractivity contribution in [3.05, 3.63) is 29.6 Å². The molecule has 1 atom stereocenters. The average molecular weight is 279 g/mol. The first-order valence-corrected chi connectivity index (χ1v) is 7.34. The number of halogens is 1. The number of nitrogens with one attached hydrogen (secondary N) is 1. The second kappa shape index (κ2) is 5.03. The molecule has 0 spiro atoms. The Labute approximate surface area is 121 Å². The quantitative estimate of drug-likeness (QED) is 0.873. The molecule has 0 aliphatic heterocycles. The number of hydrogen-bond donors (Lipinski definition) is 1. The number of methoxy groups -OCH3 is 1. The molecule has 0 radical (unpaired) electrons. The molecule has 1 saturated carbocycles. The van der Waals surface area contributed by atoms with Gasteiger partial charge in [0.15, 0.2) is 11.6 Å². The van der Waals surface area contributed by atoms with E-state index in [2.05, 4.69) is 39.9 Å². The van der Waals surface area contributed by atoms with Gasteiger partial charge in [0.2, 0.25) is 0 Å². The Bertz CT molecular complexity index is 482. The standard InChI is InChI=1S/C17H26FNO/c1-7-19-14(15-16(2,3)17(15,4)5)11-8-9-13(20-6)12(18)10-11/h8-10,14-15,19H,7H2,1-6H3. The Morgan fingerprint density at radius 1 is 1.25 bits per heavy atom. The van der Waals surface area contributed by atoms with Crippen LogP contribution in [0.5, 0.6) is 5.75 Å². The minimum absolute atomic E-state index is 0.186. The Hall–Kier alpha value is -1.09. The smallest absolute Gasteiger partial charge is 0.165 e. The molecule has 0 bridgehead atoms. The summed E-state index contributed by atoms with van der Waals surface area (Å²) in [7, 11) is 1.49. The molecular formula is C17H26FNO. The van der Waals surface area contributed by atoms with Gasteiger partial charge >= 0.3 is 0 Å². The Morgan fingerprint density at radius 2 is 1.85 bits per heavy atom. The fourth-order valence-corrected chi connectivity index (χ4v) is 3.60. The van der Waals surface area contributed by atoms with Crippen molar-refractivity contribution in [2.75, 3.05) is 13.7 Å². The SMILES string of the molecule is CCNC(c1ccc(OC)c(F)c1)C1C(C)(C)C1(C)C. The molecule has 2 rings (SSSR count). The minimum atomic E-state index is -0.288. The fourth-order valence-electron chi connectivity index (χ4n) is 3.60. The van der Waals surface area contributed by atoms with Crippen molar-refractivity contribution in [2.45, 2.75) is 40.7 Å². The first-order valence-electron chi connectivity index (χ1n) is 7.34. The van der Waals surface area contributed by atoms with Crippen LogP contribution in [0.15, 0.2) is 18.2 Å². The summed E-state index contributed by atoms with van der Waals surface area (Å²) < 4.78 is 19.0. The number of ether oxygens (including phenoxy) is 1. The fraction of sp³-hybridized carbons (Fsp3) is 0.647. The normalized spacial score (nSPS) is 21.6. The molecule has 0 saturated heterocycles. The van der Waals surface area contributed by atoms with Crippen LogP contribution in [0.1, 0.15) is 46.2 Å². The summed E-state index contributed by atoms with van der Waals surface area (Å²) >= 11 is 0. The van der Waals surface area contributed by atoms with Crippen LogP contribution in [-0.2, 0) is 0 Å². The van der Waals surface area contributed by atoms with E-state index in [-0.39, 0.29) is 22.7 Å². The van der Waals surface area contributed by atoms with Crippen LogP contribution in [0, 0.1) is 22.6 Å². The van der Waals surface area contributed by atoms with Crippen LogP contribution in [0.3, 0.4) is 0 Å². The zero-order valence-corrected chi connectivity index (χ0v) is 13.4. The maximum Gasteiger partial charge on any atom is 0.165 e. The van der Waals surface area contributed by atoms with E-state index in [1.807, 2.05) is 6.07 Å².